The molecule has 5 rings (SSSR count). The van der Waals surface area contributed by atoms with Crippen molar-refractivity contribution in [1.29, 1.82) is 0 Å². The van der Waals surface area contributed by atoms with E-state index in [0.29, 0.717) is 5.82 Å². The number of amides is 1. The fraction of sp³-hybridized carbons (Fsp3) is 0.200. The van der Waals surface area contributed by atoms with Gasteiger partial charge in [0.15, 0.2) is 0 Å². The standard InChI is InChI=1S/C20H16N6OS/c1-21-19-16-8-23-17(25-20(27)12-2-3-12)6-15(16)13(7-24-19)4-5-14-10-28-18-9-22-11-26(14)18/h6-12H,2-3H2,1H3,(H,21,24)(H,23,25,27). The maximum Gasteiger partial charge on any atom is 0.228 e. The summed E-state index contributed by atoms with van der Waals surface area (Å²) in [5.41, 5.74) is 1.65. The van der Waals surface area contributed by atoms with Gasteiger partial charge in [-0.05, 0) is 24.8 Å². The Bertz CT molecular complexity index is 1270. The van der Waals surface area contributed by atoms with Crippen LogP contribution in [0.3, 0.4) is 0 Å². The number of anilines is 2. The van der Waals surface area contributed by atoms with Gasteiger partial charge in [-0.25, -0.2) is 15.0 Å². The van der Waals surface area contributed by atoms with Crippen LogP contribution in [0.2, 0.25) is 0 Å². The SMILES string of the molecule is CNc1ncc(C#Cc2csc3cncn23)c2cc(NC(=O)C3CC3)ncc12. The minimum Gasteiger partial charge on any atom is -0.373 e. The third kappa shape index (κ3) is 2.96. The number of aromatic nitrogens is 4. The average Bonchev–Trinajstić information content (AvgIpc) is 3.34. The predicted molar refractivity (Wildman–Crippen MR) is 109 cm³/mol. The highest BCUT2D eigenvalue weighted by Crippen LogP contribution is 2.31. The van der Waals surface area contributed by atoms with Crippen LogP contribution in [0, 0.1) is 17.8 Å². The molecule has 0 radical (unpaired) electrons. The second-order valence-electron chi connectivity index (χ2n) is 6.62. The van der Waals surface area contributed by atoms with E-state index in [1.807, 2.05) is 29.1 Å². The fourth-order valence-corrected chi connectivity index (χ4v) is 3.81. The van der Waals surface area contributed by atoms with Crippen LogP contribution in [-0.4, -0.2) is 32.3 Å². The molecule has 0 unspecified atom stereocenters. The first-order valence-corrected chi connectivity index (χ1v) is 9.80. The highest BCUT2D eigenvalue weighted by molar-refractivity contribution is 7.15. The molecule has 7 nitrogen and oxygen atoms in total. The van der Waals surface area contributed by atoms with Crippen molar-refractivity contribution in [3.8, 4) is 11.8 Å². The lowest BCUT2D eigenvalue weighted by molar-refractivity contribution is -0.117. The normalized spacial score (nSPS) is 13.3. The molecule has 0 saturated heterocycles. The lowest BCUT2D eigenvalue weighted by Gasteiger charge is -2.09. The molecule has 1 aliphatic carbocycles. The summed E-state index contributed by atoms with van der Waals surface area (Å²) in [6.45, 7) is 0. The van der Waals surface area contributed by atoms with Crippen LogP contribution in [0.5, 0.6) is 0 Å². The minimum absolute atomic E-state index is 0.0307. The maximum atomic E-state index is 12.1. The first kappa shape index (κ1) is 16.7. The van der Waals surface area contributed by atoms with E-state index < -0.39 is 0 Å². The first-order valence-electron chi connectivity index (χ1n) is 8.92. The van der Waals surface area contributed by atoms with E-state index in [9.17, 15) is 4.79 Å². The number of thiazole rings is 1. The molecule has 28 heavy (non-hydrogen) atoms. The maximum absolute atomic E-state index is 12.1. The smallest absolute Gasteiger partial charge is 0.228 e. The van der Waals surface area contributed by atoms with E-state index in [-0.39, 0.29) is 11.8 Å². The molecule has 1 saturated carbocycles. The molecule has 0 spiro atoms. The number of fused-ring (bicyclic) bond motifs is 2. The monoisotopic (exact) mass is 388 g/mol. The van der Waals surface area contributed by atoms with E-state index >= 15 is 0 Å². The Morgan fingerprint density at radius 2 is 2.11 bits per heavy atom. The molecule has 4 aromatic heterocycles. The largest absolute Gasteiger partial charge is 0.373 e. The van der Waals surface area contributed by atoms with Gasteiger partial charge in [-0.15, -0.1) is 11.3 Å². The summed E-state index contributed by atoms with van der Waals surface area (Å²) in [6, 6.07) is 1.86. The topological polar surface area (TPSA) is 84.2 Å². The van der Waals surface area contributed by atoms with Gasteiger partial charge in [-0.3, -0.25) is 9.20 Å². The Morgan fingerprint density at radius 1 is 1.21 bits per heavy atom. The van der Waals surface area contributed by atoms with Gasteiger partial charge in [0.25, 0.3) is 0 Å². The van der Waals surface area contributed by atoms with E-state index in [2.05, 4.69) is 37.4 Å². The zero-order valence-electron chi connectivity index (χ0n) is 15.1. The second-order valence-corrected chi connectivity index (χ2v) is 7.51. The van der Waals surface area contributed by atoms with Crippen molar-refractivity contribution in [2.45, 2.75) is 12.8 Å². The predicted octanol–water partition coefficient (Wildman–Crippen LogP) is 3.13. The molecule has 1 amide bonds. The Balaban J connectivity index is 1.58. The van der Waals surface area contributed by atoms with Gasteiger partial charge in [0.2, 0.25) is 5.91 Å². The molecule has 138 valence electrons. The van der Waals surface area contributed by atoms with Gasteiger partial charge in [-0.1, -0.05) is 5.92 Å². The van der Waals surface area contributed by atoms with Gasteiger partial charge in [0.1, 0.15) is 28.5 Å². The van der Waals surface area contributed by atoms with Gasteiger partial charge in [-0.2, -0.15) is 0 Å². The fourth-order valence-electron chi connectivity index (χ4n) is 3.02. The van der Waals surface area contributed by atoms with E-state index in [1.54, 1.807) is 30.1 Å². The van der Waals surface area contributed by atoms with E-state index in [0.717, 1.165) is 45.5 Å². The van der Waals surface area contributed by atoms with E-state index in [1.165, 1.54) is 0 Å². The second kappa shape index (κ2) is 6.62. The van der Waals surface area contributed by atoms with Gasteiger partial charge in [0, 0.05) is 41.5 Å². The molecular weight excluding hydrogens is 372 g/mol. The van der Waals surface area contributed by atoms with Gasteiger partial charge in [0.05, 0.1) is 11.8 Å². The lowest BCUT2D eigenvalue weighted by Crippen LogP contribution is -2.14. The van der Waals surface area contributed by atoms with Crippen molar-refractivity contribution < 1.29 is 4.79 Å². The van der Waals surface area contributed by atoms with Gasteiger partial charge >= 0.3 is 0 Å². The third-order valence-electron chi connectivity index (χ3n) is 4.69. The number of carbonyl (C=O) groups is 1. The molecule has 8 heteroatoms. The van der Waals surface area contributed by atoms with Crippen LogP contribution in [0.4, 0.5) is 11.6 Å². The van der Waals surface area contributed by atoms with Crippen LogP contribution >= 0.6 is 11.3 Å². The number of rotatable bonds is 3. The number of nitrogens with zero attached hydrogens (tertiary/aromatic N) is 4. The highest BCUT2D eigenvalue weighted by Gasteiger charge is 2.29. The molecule has 1 fully saturated rings. The zero-order valence-corrected chi connectivity index (χ0v) is 15.9. The van der Waals surface area contributed by atoms with E-state index in [4.69, 9.17) is 0 Å². The summed E-state index contributed by atoms with van der Waals surface area (Å²) in [5.74, 6) is 7.83. The molecule has 2 N–H and O–H groups in total. The summed E-state index contributed by atoms with van der Waals surface area (Å²) >= 11 is 1.60. The van der Waals surface area contributed by atoms with Crippen LogP contribution < -0.4 is 10.6 Å². The molecular formula is C20H16N6OS. The van der Waals surface area contributed by atoms with Crippen LogP contribution in [0.25, 0.3) is 15.6 Å². The first-order chi connectivity index (χ1) is 13.7. The van der Waals surface area contributed by atoms with Crippen LogP contribution in [-0.2, 0) is 4.79 Å². The summed E-state index contributed by atoms with van der Waals surface area (Å²) in [4.78, 5) is 26.1. The number of imidazole rings is 1. The number of nitrogens with one attached hydrogen (secondary N) is 2. The number of pyridine rings is 2. The molecule has 1 aliphatic rings. The van der Waals surface area contributed by atoms with Gasteiger partial charge < -0.3 is 10.6 Å². The summed E-state index contributed by atoms with van der Waals surface area (Å²) in [6.07, 6.45) is 8.94. The van der Waals surface area contributed by atoms with Crippen LogP contribution in [0.15, 0.2) is 36.4 Å². The summed E-state index contributed by atoms with van der Waals surface area (Å²) < 4.78 is 1.96. The lowest BCUT2D eigenvalue weighted by atomic mass is 10.1. The average molecular weight is 388 g/mol. The Kier molecular flexibility index (Phi) is 3.95. The number of carbonyl (C=O) groups excluding carboxylic acids is 1. The highest BCUT2D eigenvalue weighted by atomic mass is 32.1. The van der Waals surface area contributed by atoms with Crippen LogP contribution in [0.1, 0.15) is 24.1 Å². The molecule has 0 atom stereocenters. The summed E-state index contributed by atoms with van der Waals surface area (Å²) in [7, 11) is 1.82. The zero-order chi connectivity index (χ0) is 19.1. The van der Waals surface area contributed by atoms with Crippen molar-refractivity contribution in [3.63, 3.8) is 0 Å². The Labute approximate surface area is 164 Å². The molecule has 0 bridgehead atoms. The third-order valence-corrected chi connectivity index (χ3v) is 5.57. The number of hydrogen-bond acceptors (Lipinski definition) is 6. The number of hydrogen-bond donors (Lipinski definition) is 2. The minimum atomic E-state index is 0.0307. The van der Waals surface area contributed by atoms with Crippen molar-refractivity contribution in [2.75, 3.05) is 17.7 Å². The quantitative estimate of drug-likeness (QED) is 0.527. The summed E-state index contributed by atoms with van der Waals surface area (Å²) in [5, 5.41) is 9.74. The van der Waals surface area contributed by atoms with Crippen molar-refractivity contribution in [2.24, 2.45) is 5.92 Å². The molecule has 4 aromatic rings. The Hall–Kier alpha value is -3.44. The van der Waals surface area contributed by atoms with Crippen molar-refractivity contribution >= 4 is 44.5 Å². The molecule has 0 aliphatic heterocycles. The molecule has 4 heterocycles. The van der Waals surface area contributed by atoms with Crippen molar-refractivity contribution in [1.82, 2.24) is 19.4 Å². The molecule has 0 aromatic carbocycles. The Morgan fingerprint density at radius 3 is 2.93 bits per heavy atom. The van der Waals surface area contributed by atoms with Crippen molar-refractivity contribution in [3.05, 3.63) is 47.6 Å².